The average Bonchev–Trinajstić information content (AvgIpc) is 3.40. The monoisotopic (exact) mass is 1000 g/mol. The number of fused-ring (bicyclic) bond motifs is 7. The van der Waals surface area contributed by atoms with Crippen molar-refractivity contribution in [1.29, 1.82) is 0 Å². The molecule has 0 bridgehead atoms. The number of nitrogens with zero attached hydrogens (tertiary/aromatic N) is 5. The van der Waals surface area contributed by atoms with Crippen LogP contribution in [0.5, 0.6) is 23.0 Å². The Bertz CT molecular complexity index is 3150. The molecular weight excluding hydrogens is 931 g/mol. The lowest BCUT2D eigenvalue weighted by Gasteiger charge is -2.30. The van der Waals surface area contributed by atoms with Crippen LogP contribution >= 0.6 is 0 Å². The molecule has 74 heavy (non-hydrogen) atoms. The maximum absolute atomic E-state index is 11.3. The fraction of sp³-hybridized carbons (Fsp3) is 0.367. The molecule has 0 unspecified atom stereocenters. The summed E-state index contributed by atoms with van der Waals surface area (Å²) in [6.07, 6.45) is 10.3. The largest absolute Gasteiger partial charge is 0.508 e. The zero-order valence-electron chi connectivity index (χ0n) is 43.5. The standard InChI is InChI=1S/C20H23N3O.C11H13NO2.C11H15NO.C9H9NO2.C9H11NO/c1-4-21-15-11-19-16(9-13(15)3)22-17-10-14-7-6-8-23(5-2)18(14)12-20(17)24-19;1-8(13)12-6-2-3-9-4-5-10(14)7-11(9)12;1-2-12-7-3-4-9-5-6-10(13)8-11(9)12;11-7-3-1-6-2-4-9(12)10-8(6)5-7;11-8-4-3-7-2-1-5-10-9(7)6-8/h9-12H,4-8H2,1-3H3;4-5,7,14H,2-3,6H2,1H3;5-6,8,13H,2-4,7H2,1H3;1,3,5,11H,2,4H2,(H,10,12);3-4,6,10-11H,1-2,5H2. The van der Waals surface area contributed by atoms with Crippen LogP contribution in [0.2, 0.25) is 0 Å². The molecular formula is C60H71N7O7. The molecule has 0 spiro atoms. The van der Waals surface area contributed by atoms with Crippen molar-refractivity contribution in [1.82, 2.24) is 4.98 Å². The second kappa shape index (κ2) is 24.3. The van der Waals surface area contributed by atoms with Gasteiger partial charge in [-0.3, -0.25) is 14.6 Å². The van der Waals surface area contributed by atoms with E-state index in [1.165, 1.54) is 47.3 Å². The van der Waals surface area contributed by atoms with Crippen LogP contribution in [0.4, 0.5) is 28.4 Å². The smallest absolute Gasteiger partial charge is 0.224 e. The predicted molar refractivity (Wildman–Crippen MR) is 296 cm³/mol. The van der Waals surface area contributed by atoms with Crippen LogP contribution in [0.25, 0.3) is 22.6 Å². The Kier molecular flexibility index (Phi) is 17.3. The van der Waals surface area contributed by atoms with Gasteiger partial charge in [0.05, 0.1) is 11.0 Å². The van der Waals surface area contributed by atoms with Crippen molar-refractivity contribution in [2.45, 2.75) is 98.8 Å². The van der Waals surface area contributed by atoms with Gasteiger partial charge in [0, 0.05) is 118 Å². The van der Waals surface area contributed by atoms with E-state index in [0.717, 1.165) is 146 Å². The van der Waals surface area contributed by atoms with E-state index in [1.54, 1.807) is 54.3 Å². The van der Waals surface area contributed by atoms with Gasteiger partial charge in [-0.25, -0.2) is 4.98 Å². The third-order valence-electron chi connectivity index (χ3n) is 14.1. The minimum absolute atomic E-state index is 0.0214. The minimum atomic E-state index is 0.0214. The zero-order valence-corrected chi connectivity index (χ0v) is 43.5. The van der Waals surface area contributed by atoms with E-state index in [0.29, 0.717) is 17.9 Å². The molecule has 7 aliphatic rings. The quantitative estimate of drug-likeness (QED) is 0.0925. The van der Waals surface area contributed by atoms with Gasteiger partial charge in [0.15, 0.2) is 11.3 Å². The van der Waals surface area contributed by atoms with E-state index >= 15 is 0 Å². The van der Waals surface area contributed by atoms with Crippen molar-refractivity contribution in [2.75, 3.05) is 71.1 Å². The first kappa shape index (κ1) is 52.6. The van der Waals surface area contributed by atoms with Gasteiger partial charge in [0.25, 0.3) is 0 Å². The number of rotatable bonds is 3. The van der Waals surface area contributed by atoms with Gasteiger partial charge >= 0.3 is 0 Å². The van der Waals surface area contributed by atoms with Crippen LogP contribution in [0.15, 0.2) is 106 Å². The van der Waals surface area contributed by atoms with E-state index in [4.69, 9.17) is 19.6 Å². The number of aromatic nitrogens is 1. The summed E-state index contributed by atoms with van der Waals surface area (Å²) >= 11 is 0. The highest BCUT2D eigenvalue weighted by atomic mass is 16.3. The summed E-state index contributed by atoms with van der Waals surface area (Å²) in [5, 5.41) is 43.9. The fourth-order valence-corrected chi connectivity index (χ4v) is 10.3. The molecule has 0 saturated carbocycles. The van der Waals surface area contributed by atoms with E-state index in [9.17, 15) is 19.8 Å². The Labute approximate surface area is 434 Å². The number of aryl methyl sites for hydroxylation is 6. The SMILES string of the molecule is CC(=O)N1CCCc2ccc(O)cc21.CCN1CCCc2ccc(O)cc21.CCN=c1cc2oc3cc4c(cc3nc-2cc1C)CCCN4CC.O=C1CCc2ccc(O)cc2N1.Oc1ccc2c(c1)NCCC2. The summed E-state index contributed by atoms with van der Waals surface area (Å²) in [4.78, 5) is 38.1. The fourth-order valence-electron chi connectivity index (χ4n) is 10.3. The van der Waals surface area contributed by atoms with Crippen molar-refractivity contribution in [3.63, 3.8) is 0 Å². The second-order valence-electron chi connectivity index (χ2n) is 19.3. The first-order valence-corrected chi connectivity index (χ1v) is 26.3. The molecule has 6 N–H and O–H groups in total. The van der Waals surface area contributed by atoms with Crippen LogP contribution in [0.1, 0.15) is 93.2 Å². The molecule has 0 radical (unpaired) electrons. The van der Waals surface area contributed by atoms with Gasteiger partial charge in [-0.2, -0.15) is 0 Å². The number of phenols is 4. The molecule has 0 aromatic heterocycles. The van der Waals surface area contributed by atoms with Gasteiger partial charge in [-0.05, 0) is 155 Å². The van der Waals surface area contributed by atoms with Crippen LogP contribution in [0, 0.1) is 6.92 Å². The number of nitrogens with one attached hydrogen (secondary N) is 2. The first-order chi connectivity index (χ1) is 35.8. The number of amides is 2. The Morgan fingerprint density at radius 1 is 0.622 bits per heavy atom. The molecule has 0 atom stereocenters. The zero-order chi connectivity index (χ0) is 52.3. The van der Waals surface area contributed by atoms with Crippen LogP contribution in [0.3, 0.4) is 0 Å². The number of phenolic OH excluding ortho intramolecular Hbond substituents is 4. The van der Waals surface area contributed by atoms with E-state index in [2.05, 4.69) is 64.4 Å². The van der Waals surface area contributed by atoms with Crippen LogP contribution in [-0.2, 0) is 41.7 Å². The molecule has 14 nitrogen and oxygen atoms in total. The summed E-state index contributed by atoms with van der Waals surface area (Å²) in [5.41, 5.74) is 15.3. The molecule has 2 amide bonds. The van der Waals surface area contributed by atoms with Crippen molar-refractivity contribution >= 4 is 51.4 Å². The molecule has 5 aromatic carbocycles. The predicted octanol–water partition coefficient (Wildman–Crippen LogP) is 10.8. The number of aromatic hydroxyl groups is 4. The third-order valence-corrected chi connectivity index (χ3v) is 14.1. The summed E-state index contributed by atoms with van der Waals surface area (Å²) < 4.78 is 6.20. The summed E-state index contributed by atoms with van der Waals surface area (Å²) in [5.74, 6) is 1.99. The van der Waals surface area contributed by atoms with Crippen molar-refractivity contribution < 1.29 is 34.4 Å². The number of hydrogen-bond acceptors (Lipinski definition) is 12. The number of benzene rings is 6. The van der Waals surface area contributed by atoms with Crippen molar-refractivity contribution in [3.05, 3.63) is 136 Å². The third kappa shape index (κ3) is 12.9. The molecule has 6 aliphatic heterocycles. The van der Waals surface area contributed by atoms with Gasteiger partial charge < -0.3 is 50.2 Å². The molecule has 12 rings (SSSR count). The maximum Gasteiger partial charge on any atom is 0.224 e. The second-order valence-corrected chi connectivity index (χ2v) is 19.3. The highest BCUT2D eigenvalue weighted by molar-refractivity contribution is 5.94. The Morgan fingerprint density at radius 3 is 1.82 bits per heavy atom. The molecule has 0 fully saturated rings. The first-order valence-electron chi connectivity index (χ1n) is 26.3. The Balaban J connectivity index is 0.000000128. The molecule has 5 aromatic rings. The van der Waals surface area contributed by atoms with E-state index in [-0.39, 0.29) is 23.3 Å². The minimum Gasteiger partial charge on any atom is -0.508 e. The van der Waals surface area contributed by atoms with E-state index in [1.807, 2.05) is 43.3 Å². The van der Waals surface area contributed by atoms with Gasteiger partial charge in [0.1, 0.15) is 34.2 Å². The summed E-state index contributed by atoms with van der Waals surface area (Å²) in [6, 6.07) is 29.9. The van der Waals surface area contributed by atoms with E-state index < -0.39 is 0 Å². The molecule has 0 saturated heterocycles. The number of hydrogen-bond donors (Lipinski definition) is 6. The topological polar surface area (TPSA) is 187 Å². The highest BCUT2D eigenvalue weighted by Gasteiger charge is 2.22. The highest BCUT2D eigenvalue weighted by Crippen LogP contribution is 2.35. The lowest BCUT2D eigenvalue weighted by Crippen LogP contribution is -2.33. The summed E-state index contributed by atoms with van der Waals surface area (Å²) in [7, 11) is 0. The Morgan fingerprint density at radius 2 is 1.18 bits per heavy atom. The van der Waals surface area contributed by atoms with Gasteiger partial charge in [0.2, 0.25) is 11.8 Å². The molecule has 14 heteroatoms. The average molecular weight is 1000 g/mol. The van der Waals surface area contributed by atoms with Gasteiger partial charge in [-0.1, -0.05) is 24.3 Å². The lowest BCUT2D eigenvalue weighted by atomic mass is 10.0. The molecule has 1 aliphatic carbocycles. The number of anilines is 5. The number of carbonyl (C=O) groups is 2. The van der Waals surface area contributed by atoms with Crippen LogP contribution < -0.4 is 30.7 Å². The van der Waals surface area contributed by atoms with Gasteiger partial charge in [-0.15, -0.1) is 0 Å². The number of carbonyl (C=O) groups excluding carboxylic acids is 2. The Hall–Kier alpha value is -7.74. The van der Waals surface area contributed by atoms with Crippen molar-refractivity contribution in [3.8, 4) is 34.5 Å². The maximum atomic E-state index is 11.3. The molecule has 6 heterocycles. The van der Waals surface area contributed by atoms with Crippen LogP contribution in [-0.4, -0.2) is 83.0 Å². The summed E-state index contributed by atoms with van der Waals surface area (Å²) in [6.45, 7) is 16.9. The normalized spacial score (nSPS) is 15.3. The van der Waals surface area contributed by atoms with Crippen molar-refractivity contribution in [2.24, 2.45) is 4.99 Å². The lowest BCUT2D eigenvalue weighted by molar-refractivity contribution is -0.117. The molecule has 388 valence electrons.